The number of hydrogen-bond donors (Lipinski definition) is 2. The maximum Gasteiger partial charge on any atom is 0.408 e. The number of rotatable bonds is 10. The standard InChI is InChI=1S/C32H43N3O6/c1-10-22-17-14-18-24(19-22)26(35(9)28(37)21(2)33-30(39)41-32(6,7)8)27(36)34-25(29(38)40-31(3,4)5)20-23-15-12-11-13-16-23/h10-19,21,25-26H,1,20H2,2-9H3,(H,33,39)(H,34,36). The van der Waals surface area contributed by atoms with Gasteiger partial charge in [0.1, 0.15) is 29.3 Å². The summed E-state index contributed by atoms with van der Waals surface area (Å²) in [4.78, 5) is 54.2. The fourth-order valence-corrected chi connectivity index (χ4v) is 4.05. The van der Waals surface area contributed by atoms with Gasteiger partial charge in [-0.15, -0.1) is 0 Å². The number of carbonyl (C=O) groups is 4. The van der Waals surface area contributed by atoms with Crippen LogP contribution in [0.5, 0.6) is 0 Å². The summed E-state index contributed by atoms with van der Waals surface area (Å²) in [7, 11) is 1.47. The van der Waals surface area contributed by atoms with Crippen molar-refractivity contribution in [2.45, 2.75) is 84.2 Å². The number of ether oxygens (including phenoxy) is 2. The van der Waals surface area contributed by atoms with Crippen LogP contribution < -0.4 is 10.6 Å². The Labute approximate surface area is 243 Å². The molecule has 3 amide bonds. The highest BCUT2D eigenvalue weighted by atomic mass is 16.6. The van der Waals surface area contributed by atoms with Crippen molar-refractivity contribution in [1.82, 2.24) is 15.5 Å². The van der Waals surface area contributed by atoms with Crippen molar-refractivity contribution in [1.29, 1.82) is 0 Å². The molecule has 222 valence electrons. The van der Waals surface area contributed by atoms with Crippen LogP contribution in [0.25, 0.3) is 6.08 Å². The molecular formula is C32H43N3O6. The molecule has 3 unspecified atom stereocenters. The summed E-state index contributed by atoms with van der Waals surface area (Å²) < 4.78 is 10.9. The van der Waals surface area contributed by atoms with Crippen molar-refractivity contribution in [3.05, 3.63) is 77.9 Å². The van der Waals surface area contributed by atoms with Crippen LogP contribution in [-0.4, -0.2) is 59.1 Å². The van der Waals surface area contributed by atoms with E-state index in [1.807, 2.05) is 36.4 Å². The Morgan fingerprint density at radius 1 is 0.902 bits per heavy atom. The molecule has 0 fully saturated rings. The molecular weight excluding hydrogens is 522 g/mol. The van der Waals surface area contributed by atoms with Gasteiger partial charge in [0.15, 0.2) is 0 Å². The third-order valence-corrected chi connectivity index (χ3v) is 5.84. The molecule has 2 rings (SSSR count). The minimum atomic E-state index is -1.13. The van der Waals surface area contributed by atoms with E-state index in [0.717, 1.165) is 11.1 Å². The summed E-state index contributed by atoms with van der Waals surface area (Å²) >= 11 is 0. The van der Waals surface area contributed by atoms with E-state index in [0.29, 0.717) is 5.56 Å². The van der Waals surface area contributed by atoms with Gasteiger partial charge in [0, 0.05) is 13.5 Å². The van der Waals surface area contributed by atoms with E-state index < -0.39 is 53.2 Å². The van der Waals surface area contributed by atoms with E-state index in [1.165, 1.54) is 18.9 Å². The molecule has 3 atom stereocenters. The highest BCUT2D eigenvalue weighted by Gasteiger charge is 2.35. The first-order valence-electron chi connectivity index (χ1n) is 13.6. The average molecular weight is 566 g/mol. The molecule has 2 aromatic carbocycles. The lowest BCUT2D eigenvalue weighted by molar-refractivity contribution is -0.159. The lowest BCUT2D eigenvalue weighted by Crippen LogP contribution is -2.53. The second-order valence-electron chi connectivity index (χ2n) is 11.9. The molecule has 0 heterocycles. The highest BCUT2D eigenvalue weighted by Crippen LogP contribution is 2.23. The number of hydrogen-bond acceptors (Lipinski definition) is 6. The topological polar surface area (TPSA) is 114 Å². The molecule has 0 aliphatic heterocycles. The van der Waals surface area contributed by atoms with Crippen molar-refractivity contribution in [3.8, 4) is 0 Å². The Kier molecular flexibility index (Phi) is 11.3. The number of esters is 1. The Hall–Kier alpha value is -4.14. The van der Waals surface area contributed by atoms with Gasteiger partial charge in [-0.1, -0.05) is 61.2 Å². The van der Waals surface area contributed by atoms with Crippen LogP contribution in [0.4, 0.5) is 4.79 Å². The number of nitrogens with one attached hydrogen (secondary N) is 2. The molecule has 0 saturated carbocycles. The Morgan fingerprint density at radius 2 is 1.51 bits per heavy atom. The molecule has 41 heavy (non-hydrogen) atoms. The summed E-state index contributed by atoms with van der Waals surface area (Å²) in [6.07, 6.45) is 1.07. The molecule has 0 aliphatic carbocycles. The maximum absolute atomic E-state index is 13.9. The molecule has 9 nitrogen and oxygen atoms in total. The number of amides is 3. The molecule has 0 aliphatic rings. The molecule has 2 N–H and O–H groups in total. The van der Waals surface area contributed by atoms with Crippen LogP contribution >= 0.6 is 0 Å². The summed E-state index contributed by atoms with van der Waals surface area (Å²) in [6, 6.07) is 13.1. The first-order chi connectivity index (χ1) is 19.0. The molecule has 2 aromatic rings. The first-order valence-corrected chi connectivity index (χ1v) is 13.6. The Balaban J connectivity index is 2.42. The fourth-order valence-electron chi connectivity index (χ4n) is 4.05. The third-order valence-electron chi connectivity index (χ3n) is 5.84. The van der Waals surface area contributed by atoms with Gasteiger partial charge in [-0.3, -0.25) is 9.59 Å². The number of alkyl carbamates (subject to hydrolysis) is 1. The van der Waals surface area contributed by atoms with Crippen LogP contribution in [0.2, 0.25) is 0 Å². The summed E-state index contributed by atoms with van der Waals surface area (Å²) in [5.74, 6) is -1.71. The molecule has 0 radical (unpaired) electrons. The summed E-state index contributed by atoms with van der Waals surface area (Å²) in [5.41, 5.74) is 0.552. The first kappa shape index (κ1) is 33.1. The van der Waals surface area contributed by atoms with Crippen LogP contribution in [0, 0.1) is 0 Å². The van der Waals surface area contributed by atoms with Gasteiger partial charge in [0.2, 0.25) is 11.8 Å². The Morgan fingerprint density at radius 3 is 2.07 bits per heavy atom. The van der Waals surface area contributed by atoms with E-state index in [-0.39, 0.29) is 6.42 Å². The van der Waals surface area contributed by atoms with E-state index in [4.69, 9.17) is 9.47 Å². The fraction of sp³-hybridized carbons (Fsp3) is 0.438. The van der Waals surface area contributed by atoms with Crippen LogP contribution in [0.1, 0.15) is 71.2 Å². The SMILES string of the molecule is C=Cc1cccc(C(C(=O)NC(Cc2ccccc2)C(=O)OC(C)(C)C)N(C)C(=O)C(C)NC(=O)OC(C)(C)C)c1. The second kappa shape index (κ2) is 14.0. The van der Waals surface area contributed by atoms with Gasteiger partial charge < -0.3 is 25.0 Å². The smallest absolute Gasteiger partial charge is 0.408 e. The van der Waals surface area contributed by atoms with Gasteiger partial charge in [0.25, 0.3) is 0 Å². The number of carbonyl (C=O) groups excluding carboxylic acids is 4. The molecule has 0 spiro atoms. The van der Waals surface area contributed by atoms with Gasteiger partial charge >= 0.3 is 12.1 Å². The highest BCUT2D eigenvalue weighted by molar-refractivity contribution is 5.93. The van der Waals surface area contributed by atoms with Crippen LogP contribution in [0.15, 0.2) is 61.2 Å². The lowest BCUT2D eigenvalue weighted by atomic mass is 9.99. The third kappa shape index (κ3) is 10.7. The normalized spacial score (nSPS) is 13.7. The quantitative estimate of drug-likeness (QED) is 0.400. The van der Waals surface area contributed by atoms with E-state index in [2.05, 4.69) is 17.2 Å². The van der Waals surface area contributed by atoms with Crippen LogP contribution in [-0.2, 0) is 30.3 Å². The van der Waals surface area contributed by atoms with Crippen molar-refractivity contribution in [2.24, 2.45) is 0 Å². The van der Waals surface area contributed by atoms with Gasteiger partial charge in [-0.25, -0.2) is 9.59 Å². The summed E-state index contributed by atoms with van der Waals surface area (Å²) in [6.45, 7) is 15.7. The lowest BCUT2D eigenvalue weighted by Gasteiger charge is -2.32. The van der Waals surface area contributed by atoms with Gasteiger partial charge in [-0.05, 0) is 71.2 Å². The Bertz CT molecular complexity index is 1230. The predicted octanol–water partition coefficient (Wildman–Crippen LogP) is 4.81. The minimum Gasteiger partial charge on any atom is -0.458 e. The van der Waals surface area contributed by atoms with E-state index >= 15 is 0 Å². The predicted molar refractivity (Wildman–Crippen MR) is 159 cm³/mol. The largest absolute Gasteiger partial charge is 0.458 e. The van der Waals surface area contributed by atoms with Crippen molar-refractivity contribution in [2.75, 3.05) is 7.05 Å². The zero-order valence-corrected chi connectivity index (χ0v) is 25.3. The average Bonchev–Trinajstić information content (AvgIpc) is 2.86. The van der Waals surface area contributed by atoms with E-state index in [9.17, 15) is 19.2 Å². The molecule has 9 heteroatoms. The molecule has 0 aromatic heterocycles. The van der Waals surface area contributed by atoms with Crippen molar-refractivity contribution < 1.29 is 28.7 Å². The number of benzene rings is 2. The number of nitrogens with zero attached hydrogens (tertiary/aromatic N) is 1. The van der Waals surface area contributed by atoms with Gasteiger partial charge in [-0.2, -0.15) is 0 Å². The second-order valence-corrected chi connectivity index (χ2v) is 11.9. The zero-order chi connectivity index (χ0) is 31.0. The maximum atomic E-state index is 13.9. The van der Waals surface area contributed by atoms with Crippen molar-refractivity contribution in [3.63, 3.8) is 0 Å². The van der Waals surface area contributed by atoms with Crippen LogP contribution in [0.3, 0.4) is 0 Å². The molecule has 0 bridgehead atoms. The number of likely N-dealkylation sites (N-methyl/N-ethyl adjacent to an activating group) is 1. The monoisotopic (exact) mass is 565 g/mol. The van der Waals surface area contributed by atoms with Crippen molar-refractivity contribution >= 4 is 30.0 Å². The minimum absolute atomic E-state index is 0.190. The van der Waals surface area contributed by atoms with Gasteiger partial charge in [0.05, 0.1) is 0 Å². The zero-order valence-electron chi connectivity index (χ0n) is 25.3. The summed E-state index contributed by atoms with van der Waals surface area (Å²) in [5, 5.41) is 5.35. The molecule has 0 saturated heterocycles. The van der Waals surface area contributed by atoms with E-state index in [1.54, 1.807) is 65.8 Å².